The maximum atomic E-state index is 11.5. The van der Waals surface area contributed by atoms with Crippen molar-refractivity contribution in [3.05, 3.63) is 35.9 Å². The van der Waals surface area contributed by atoms with Gasteiger partial charge < -0.3 is 15.2 Å². The van der Waals surface area contributed by atoms with Gasteiger partial charge in [0.25, 0.3) is 0 Å². The molecule has 0 bridgehead atoms. The number of carbonyl (C=O) groups is 2. The minimum atomic E-state index is -1.06. The molecule has 1 amide bonds. The summed E-state index contributed by atoms with van der Waals surface area (Å²) in [6.07, 6.45) is 0.308. The highest BCUT2D eigenvalue weighted by Gasteiger charge is 2.19. The van der Waals surface area contributed by atoms with Gasteiger partial charge in [-0.05, 0) is 18.4 Å². The van der Waals surface area contributed by atoms with E-state index in [-0.39, 0.29) is 6.61 Å². The molecule has 6 heteroatoms. The number of hydrogen-bond donors (Lipinski definition) is 2. The second-order valence-electron chi connectivity index (χ2n) is 3.93. The van der Waals surface area contributed by atoms with Gasteiger partial charge in [0.1, 0.15) is 12.6 Å². The lowest BCUT2D eigenvalue weighted by atomic mass is 10.2. The lowest BCUT2D eigenvalue weighted by Crippen LogP contribution is -2.41. The van der Waals surface area contributed by atoms with Gasteiger partial charge in [-0.15, -0.1) is 0 Å². The molecule has 0 radical (unpaired) electrons. The molecule has 0 saturated carbocycles. The molecule has 19 heavy (non-hydrogen) atoms. The van der Waals surface area contributed by atoms with Gasteiger partial charge >= 0.3 is 12.1 Å². The number of nitrogens with one attached hydrogen (secondary N) is 1. The second-order valence-corrected chi connectivity index (χ2v) is 4.72. The maximum Gasteiger partial charge on any atom is 0.408 e. The Kier molecular flexibility index (Phi) is 6.95. The Morgan fingerprint density at radius 1 is 1.32 bits per heavy atom. The molecule has 1 aromatic carbocycles. The van der Waals surface area contributed by atoms with E-state index in [9.17, 15) is 9.59 Å². The summed E-state index contributed by atoms with van der Waals surface area (Å²) in [5.41, 5.74) is 0.852. The van der Waals surface area contributed by atoms with Crippen LogP contribution in [0.4, 0.5) is 4.79 Å². The Morgan fingerprint density at radius 3 is 2.58 bits per heavy atom. The third-order valence-corrected chi connectivity index (χ3v) is 2.99. The predicted octanol–water partition coefficient (Wildman–Crippen LogP) is 2.54. The van der Waals surface area contributed by atoms with Crippen LogP contribution in [0.1, 0.15) is 18.4 Å². The van der Waals surface area contributed by atoms with Crippen LogP contribution in [0, 0.1) is 0 Å². The Morgan fingerprint density at radius 2 is 2.00 bits per heavy atom. The van der Waals surface area contributed by atoms with Gasteiger partial charge in [0, 0.05) is 5.33 Å². The van der Waals surface area contributed by atoms with Crippen LogP contribution in [0.3, 0.4) is 0 Å². The Labute approximate surface area is 120 Å². The first kappa shape index (κ1) is 15.5. The largest absolute Gasteiger partial charge is 0.480 e. The van der Waals surface area contributed by atoms with Crippen molar-refractivity contribution in [2.45, 2.75) is 25.5 Å². The summed E-state index contributed by atoms with van der Waals surface area (Å²) in [6, 6.07) is 8.28. The summed E-state index contributed by atoms with van der Waals surface area (Å²) >= 11 is 3.22. The first-order chi connectivity index (χ1) is 9.13. The number of carbonyl (C=O) groups excluding carboxylic acids is 1. The highest BCUT2D eigenvalue weighted by atomic mass is 79.9. The third kappa shape index (κ3) is 6.24. The predicted molar refractivity (Wildman–Crippen MR) is 74.2 cm³/mol. The number of amides is 1. The molecule has 0 aliphatic carbocycles. The van der Waals surface area contributed by atoms with Gasteiger partial charge in [-0.3, -0.25) is 0 Å². The number of alkyl carbamates (subject to hydrolysis) is 1. The number of benzene rings is 1. The number of carboxylic acids is 1. The van der Waals surface area contributed by atoms with E-state index in [0.717, 1.165) is 5.56 Å². The first-order valence-corrected chi connectivity index (χ1v) is 7.01. The van der Waals surface area contributed by atoms with Crippen molar-refractivity contribution in [3.63, 3.8) is 0 Å². The molecule has 104 valence electrons. The van der Waals surface area contributed by atoms with Gasteiger partial charge in [0.05, 0.1) is 0 Å². The van der Waals surface area contributed by atoms with Crippen molar-refractivity contribution in [2.24, 2.45) is 0 Å². The molecule has 1 atom stereocenters. The average molecular weight is 330 g/mol. The van der Waals surface area contributed by atoms with E-state index in [1.165, 1.54) is 0 Å². The van der Waals surface area contributed by atoms with E-state index < -0.39 is 18.1 Å². The number of ether oxygens (including phenoxy) is 1. The molecule has 1 rings (SSSR count). The molecule has 0 heterocycles. The summed E-state index contributed by atoms with van der Waals surface area (Å²) in [5.74, 6) is -1.06. The summed E-state index contributed by atoms with van der Waals surface area (Å²) in [5, 5.41) is 12.0. The van der Waals surface area contributed by atoms with Crippen molar-refractivity contribution >= 4 is 28.0 Å². The van der Waals surface area contributed by atoms with Crippen LogP contribution in [0.5, 0.6) is 0 Å². The van der Waals surface area contributed by atoms with Crippen LogP contribution in [-0.4, -0.2) is 28.5 Å². The lowest BCUT2D eigenvalue weighted by molar-refractivity contribution is -0.139. The molecule has 2 N–H and O–H groups in total. The lowest BCUT2D eigenvalue weighted by Gasteiger charge is -2.13. The zero-order chi connectivity index (χ0) is 14.1. The third-order valence-electron chi connectivity index (χ3n) is 2.43. The van der Waals surface area contributed by atoms with E-state index in [1.54, 1.807) is 0 Å². The number of aliphatic carboxylic acids is 1. The molecule has 1 aromatic rings. The summed E-state index contributed by atoms with van der Waals surface area (Å²) in [4.78, 5) is 22.4. The van der Waals surface area contributed by atoms with E-state index in [1.807, 2.05) is 30.3 Å². The highest BCUT2D eigenvalue weighted by molar-refractivity contribution is 9.09. The minimum Gasteiger partial charge on any atom is -0.480 e. The van der Waals surface area contributed by atoms with Crippen molar-refractivity contribution in [3.8, 4) is 0 Å². The zero-order valence-electron chi connectivity index (χ0n) is 10.3. The molecule has 0 unspecified atom stereocenters. The van der Waals surface area contributed by atoms with Crippen LogP contribution in [0.2, 0.25) is 0 Å². The number of carboxylic acid groups (broad SMARTS) is 1. The van der Waals surface area contributed by atoms with Crippen LogP contribution >= 0.6 is 15.9 Å². The molecular formula is C13H16BrNO4. The molecule has 0 aromatic heterocycles. The van der Waals surface area contributed by atoms with Gasteiger partial charge in [-0.1, -0.05) is 46.3 Å². The fourth-order valence-electron chi connectivity index (χ4n) is 1.45. The SMILES string of the molecule is O=C(N[C@@H](CCCBr)C(=O)O)OCc1ccccc1. The number of halogens is 1. The van der Waals surface area contributed by atoms with Gasteiger partial charge in [0.15, 0.2) is 0 Å². The van der Waals surface area contributed by atoms with Crippen molar-refractivity contribution in [1.82, 2.24) is 5.32 Å². The normalized spacial score (nSPS) is 11.6. The van der Waals surface area contributed by atoms with E-state index >= 15 is 0 Å². The first-order valence-electron chi connectivity index (χ1n) is 5.89. The summed E-state index contributed by atoms with van der Waals surface area (Å²) < 4.78 is 4.96. The van der Waals surface area contributed by atoms with E-state index in [2.05, 4.69) is 21.2 Å². The molecule has 5 nitrogen and oxygen atoms in total. The Balaban J connectivity index is 2.38. The second kappa shape index (κ2) is 8.53. The standard InChI is InChI=1S/C13H16BrNO4/c14-8-4-7-11(12(16)17)15-13(18)19-9-10-5-2-1-3-6-10/h1-3,5-6,11H,4,7-9H2,(H,15,18)(H,16,17)/t11-/m0/s1. The van der Waals surface area contributed by atoms with Crippen molar-refractivity contribution in [2.75, 3.05) is 5.33 Å². The molecule has 0 fully saturated rings. The summed E-state index contributed by atoms with van der Waals surface area (Å²) in [6.45, 7) is 0.122. The van der Waals surface area contributed by atoms with Crippen LogP contribution in [0.15, 0.2) is 30.3 Å². The highest BCUT2D eigenvalue weighted by Crippen LogP contribution is 2.03. The molecule has 0 spiro atoms. The van der Waals surface area contributed by atoms with Gasteiger partial charge in [0.2, 0.25) is 0 Å². The topological polar surface area (TPSA) is 75.6 Å². The van der Waals surface area contributed by atoms with Crippen LogP contribution < -0.4 is 5.32 Å². The fraction of sp³-hybridized carbons (Fsp3) is 0.385. The van der Waals surface area contributed by atoms with Crippen molar-refractivity contribution < 1.29 is 19.4 Å². The molecule has 0 aliphatic rings. The van der Waals surface area contributed by atoms with Crippen LogP contribution in [-0.2, 0) is 16.1 Å². The molecule has 0 saturated heterocycles. The minimum absolute atomic E-state index is 0.122. The van der Waals surface area contributed by atoms with E-state index in [0.29, 0.717) is 18.2 Å². The van der Waals surface area contributed by atoms with Crippen molar-refractivity contribution in [1.29, 1.82) is 0 Å². The smallest absolute Gasteiger partial charge is 0.408 e. The summed E-state index contributed by atoms with van der Waals surface area (Å²) in [7, 11) is 0. The van der Waals surface area contributed by atoms with E-state index in [4.69, 9.17) is 9.84 Å². The quantitative estimate of drug-likeness (QED) is 0.754. The number of hydrogen-bond acceptors (Lipinski definition) is 3. The van der Waals surface area contributed by atoms with Gasteiger partial charge in [-0.25, -0.2) is 9.59 Å². The zero-order valence-corrected chi connectivity index (χ0v) is 11.9. The Bertz CT molecular complexity index is 410. The Hall–Kier alpha value is -1.56. The van der Waals surface area contributed by atoms with Gasteiger partial charge in [-0.2, -0.15) is 0 Å². The average Bonchev–Trinajstić information content (AvgIpc) is 2.42. The number of rotatable bonds is 7. The number of alkyl halides is 1. The fourth-order valence-corrected chi connectivity index (χ4v) is 1.77. The molecule has 0 aliphatic heterocycles. The van der Waals surface area contributed by atoms with Crippen LogP contribution in [0.25, 0.3) is 0 Å². The maximum absolute atomic E-state index is 11.5. The monoisotopic (exact) mass is 329 g/mol. The molecular weight excluding hydrogens is 314 g/mol.